The number of rotatable bonds is 6. The van der Waals surface area contributed by atoms with Crippen molar-refractivity contribution in [2.75, 3.05) is 6.54 Å². The first-order valence-electron chi connectivity index (χ1n) is 10.5. The van der Waals surface area contributed by atoms with Gasteiger partial charge in [0.15, 0.2) is 0 Å². The number of allylic oxidation sites excluding steroid dienone is 1. The van der Waals surface area contributed by atoms with E-state index in [4.69, 9.17) is 4.74 Å². The number of nitrogens with zero attached hydrogens (tertiary/aromatic N) is 1. The van der Waals surface area contributed by atoms with Crippen molar-refractivity contribution in [1.29, 1.82) is 0 Å². The second-order valence-electron chi connectivity index (χ2n) is 7.57. The number of amides is 1. The maximum Gasteiger partial charge on any atom is 0.264 e. The molecule has 154 valence electrons. The lowest BCUT2D eigenvalue weighted by Gasteiger charge is -2.36. The van der Waals surface area contributed by atoms with Crippen molar-refractivity contribution in [1.82, 2.24) is 4.90 Å². The molecule has 30 heavy (non-hydrogen) atoms. The molecule has 3 nitrogen and oxygen atoms in total. The van der Waals surface area contributed by atoms with Crippen molar-refractivity contribution in [3.05, 3.63) is 93.7 Å². The van der Waals surface area contributed by atoms with Crippen LogP contribution in [0.5, 0.6) is 5.75 Å². The predicted molar refractivity (Wildman–Crippen MR) is 124 cm³/mol. The summed E-state index contributed by atoms with van der Waals surface area (Å²) in [5.41, 5.74) is 3.32. The SMILES string of the molecule is C/C=C/c1ccccc1OCc1csc(C(=O)N2CCCCC2c2ccccc2)c1. The van der Waals surface area contributed by atoms with E-state index in [0.29, 0.717) is 6.61 Å². The molecule has 0 aliphatic carbocycles. The van der Waals surface area contributed by atoms with Gasteiger partial charge >= 0.3 is 0 Å². The Hall–Kier alpha value is -2.85. The standard InChI is InChI=1S/C26H27NO2S/c1-2-10-22-13-6-7-15-24(22)29-18-20-17-25(30-19-20)26(28)27-16-9-8-14-23(27)21-11-4-3-5-12-21/h2-7,10-13,15,17,19,23H,8-9,14,16,18H2,1H3/b10-2+. The number of carbonyl (C=O) groups excluding carboxylic acids is 1. The van der Waals surface area contributed by atoms with Crippen molar-refractivity contribution >= 4 is 23.3 Å². The topological polar surface area (TPSA) is 29.5 Å². The number of ether oxygens (including phenoxy) is 1. The molecule has 0 radical (unpaired) electrons. The largest absolute Gasteiger partial charge is 0.488 e. The molecule has 2 heterocycles. The summed E-state index contributed by atoms with van der Waals surface area (Å²) in [4.78, 5) is 16.1. The monoisotopic (exact) mass is 417 g/mol. The van der Waals surface area contributed by atoms with Gasteiger partial charge in [0.25, 0.3) is 5.91 Å². The highest BCUT2D eigenvalue weighted by atomic mass is 32.1. The summed E-state index contributed by atoms with van der Waals surface area (Å²) in [7, 11) is 0. The maximum atomic E-state index is 13.3. The molecule has 1 aliphatic rings. The first-order chi connectivity index (χ1) is 14.8. The summed E-state index contributed by atoms with van der Waals surface area (Å²) in [6.45, 7) is 3.27. The summed E-state index contributed by atoms with van der Waals surface area (Å²) >= 11 is 1.51. The van der Waals surface area contributed by atoms with Crippen molar-refractivity contribution < 1.29 is 9.53 Å². The van der Waals surface area contributed by atoms with E-state index in [-0.39, 0.29) is 11.9 Å². The Morgan fingerprint density at radius 3 is 2.77 bits per heavy atom. The molecule has 1 unspecified atom stereocenters. The minimum absolute atomic E-state index is 0.133. The minimum atomic E-state index is 0.133. The minimum Gasteiger partial charge on any atom is -0.488 e. The van der Waals surface area contributed by atoms with Crippen molar-refractivity contribution in [2.24, 2.45) is 0 Å². The summed E-state index contributed by atoms with van der Waals surface area (Å²) in [5.74, 6) is 0.990. The number of thiophene rings is 1. The summed E-state index contributed by atoms with van der Waals surface area (Å²) < 4.78 is 6.04. The normalized spacial score (nSPS) is 16.7. The van der Waals surface area contributed by atoms with Crippen LogP contribution in [0.25, 0.3) is 6.08 Å². The average molecular weight is 418 g/mol. The first-order valence-corrected chi connectivity index (χ1v) is 11.4. The third-order valence-electron chi connectivity index (χ3n) is 5.47. The molecule has 0 spiro atoms. The van der Waals surface area contributed by atoms with Gasteiger partial charge in [0.2, 0.25) is 0 Å². The van der Waals surface area contributed by atoms with Crippen LogP contribution in [0.4, 0.5) is 0 Å². The van der Waals surface area contributed by atoms with Gasteiger partial charge in [-0.15, -0.1) is 11.3 Å². The van der Waals surface area contributed by atoms with E-state index in [1.54, 1.807) is 0 Å². The Bertz CT molecular complexity index is 1010. The number of carbonyl (C=O) groups is 1. The molecule has 3 aromatic rings. The fourth-order valence-electron chi connectivity index (χ4n) is 3.99. The summed E-state index contributed by atoms with van der Waals surface area (Å²) in [6.07, 6.45) is 7.30. The van der Waals surface area contributed by atoms with Gasteiger partial charge in [-0.25, -0.2) is 0 Å². The van der Waals surface area contributed by atoms with E-state index >= 15 is 0 Å². The molecule has 1 saturated heterocycles. The Morgan fingerprint density at radius 2 is 1.93 bits per heavy atom. The molecule has 1 aliphatic heterocycles. The summed E-state index contributed by atoms with van der Waals surface area (Å²) in [6, 6.07) is 20.6. The van der Waals surface area contributed by atoms with Gasteiger partial charge in [-0.1, -0.05) is 60.7 Å². The van der Waals surface area contributed by atoms with Crippen LogP contribution in [0, 0.1) is 0 Å². The molecule has 4 heteroatoms. The fraction of sp³-hybridized carbons (Fsp3) is 0.269. The van der Waals surface area contributed by atoms with Crippen LogP contribution in [0.15, 0.2) is 72.1 Å². The molecule has 4 rings (SSSR count). The molecule has 1 aromatic heterocycles. The first kappa shape index (κ1) is 20.4. The van der Waals surface area contributed by atoms with E-state index in [1.807, 2.05) is 60.9 Å². The quantitative estimate of drug-likeness (QED) is 0.445. The molecular weight excluding hydrogens is 390 g/mol. The smallest absolute Gasteiger partial charge is 0.264 e. The number of piperidine rings is 1. The highest BCUT2D eigenvalue weighted by Gasteiger charge is 2.29. The lowest BCUT2D eigenvalue weighted by atomic mass is 9.95. The molecule has 2 aromatic carbocycles. The molecule has 1 atom stereocenters. The van der Waals surface area contributed by atoms with E-state index in [9.17, 15) is 4.79 Å². The van der Waals surface area contributed by atoms with Crippen LogP contribution in [-0.2, 0) is 6.61 Å². The molecule has 0 N–H and O–H groups in total. The Labute approximate surface area is 182 Å². The number of benzene rings is 2. The molecule has 0 bridgehead atoms. The van der Waals surface area contributed by atoms with E-state index in [1.165, 1.54) is 23.3 Å². The van der Waals surface area contributed by atoms with E-state index in [2.05, 4.69) is 29.2 Å². The third-order valence-corrected chi connectivity index (χ3v) is 6.44. The zero-order valence-corrected chi connectivity index (χ0v) is 18.1. The van der Waals surface area contributed by atoms with Gasteiger partial charge in [-0.2, -0.15) is 0 Å². The lowest BCUT2D eigenvalue weighted by Crippen LogP contribution is -2.38. The lowest BCUT2D eigenvalue weighted by molar-refractivity contribution is 0.0616. The Morgan fingerprint density at radius 1 is 1.13 bits per heavy atom. The van der Waals surface area contributed by atoms with Crippen LogP contribution < -0.4 is 4.74 Å². The maximum absolute atomic E-state index is 13.3. The molecule has 1 fully saturated rings. The van der Waals surface area contributed by atoms with Crippen LogP contribution in [-0.4, -0.2) is 17.4 Å². The second kappa shape index (κ2) is 9.77. The van der Waals surface area contributed by atoms with Gasteiger partial charge < -0.3 is 9.64 Å². The van der Waals surface area contributed by atoms with E-state index < -0.39 is 0 Å². The Kier molecular flexibility index (Phi) is 6.65. The average Bonchev–Trinajstić information content (AvgIpc) is 3.28. The zero-order valence-electron chi connectivity index (χ0n) is 17.3. The van der Waals surface area contributed by atoms with Crippen LogP contribution in [0.1, 0.15) is 58.6 Å². The highest BCUT2D eigenvalue weighted by Crippen LogP contribution is 2.33. The number of likely N-dealkylation sites (tertiary alicyclic amines) is 1. The van der Waals surface area contributed by atoms with Crippen molar-refractivity contribution in [3.8, 4) is 5.75 Å². The fourth-order valence-corrected chi connectivity index (χ4v) is 4.84. The van der Waals surface area contributed by atoms with Gasteiger partial charge in [-0.3, -0.25) is 4.79 Å². The van der Waals surface area contributed by atoms with E-state index in [0.717, 1.165) is 41.1 Å². The third kappa shape index (κ3) is 4.65. The molecule has 1 amide bonds. The van der Waals surface area contributed by atoms with Crippen molar-refractivity contribution in [2.45, 2.75) is 38.8 Å². The van der Waals surface area contributed by atoms with Crippen LogP contribution in [0.3, 0.4) is 0 Å². The summed E-state index contributed by atoms with van der Waals surface area (Å²) in [5, 5.41) is 2.03. The van der Waals surface area contributed by atoms with Crippen LogP contribution in [0.2, 0.25) is 0 Å². The molecular formula is C26H27NO2S. The van der Waals surface area contributed by atoms with Gasteiger partial charge in [0.05, 0.1) is 10.9 Å². The van der Waals surface area contributed by atoms with Crippen molar-refractivity contribution in [3.63, 3.8) is 0 Å². The van der Waals surface area contributed by atoms with Gasteiger partial charge in [0, 0.05) is 17.7 Å². The van der Waals surface area contributed by atoms with Crippen LogP contribution >= 0.6 is 11.3 Å². The number of hydrogen-bond acceptors (Lipinski definition) is 3. The zero-order chi connectivity index (χ0) is 20.8. The second-order valence-corrected chi connectivity index (χ2v) is 8.48. The predicted octanol–water partition coefficient (Wildman–Crippen LogP) is 6.73. The molecule has 0 saturated carbocycles. The highest BCUT2D eigenvalue weighted by molar-refractivity contribution is 7.12. The van der Waals surface area contributed by atoms with Gasteiger partial charge in [0.1, 0.15) is 12.4 Å². The number of para-hydroxylation sites is 1. The number of hydrogen-bond donors (Lipinski definition) is 0. The Balaban J connectivity index is 1.46. The van der Waals surface area contributed by atoms with Gasteiger partial charge in [-0.05, 0) is 49.3 Å².